The smallest absolute Gasteiger partial charge is 0.149 e. The van der Waals surface area contributed by atoms with Crippen LogP contribution in [0.1, 0.15) is 64.8 Å². The third kappa shape index (κ3) is 6.22. The molecule has 4 aromatic rings. The molecule has 0 bridgehead atoms. The Labute approximate surface area is 256 Å². The molecule has 0 fully saturated rings. The first-order chi connectivity index (χ1) is 20.6. The lowest BCUT2D eigenvalue weighted by Gasteiger charge is -2.22. The molecule has 5 rings (SSSR count). The van der Waals surface area contributed by atoms with Crippen molar-refractivity contribution in [2.75, 3.05) is 18.9 Å². The Balaban J connectivity index is 1.57. The summed E-state index contributed by atoms with van der Waals surface area (Å²) >= 11 is 5.94. The van der Waals surface area contributed by atoms with E-state index in [4.69, 9.17) is 32.8 Å². The van der Waals surface area contributed by atoms with Gasteiger partial charge in [0.1, 0.15) is 23.1 Å². The second-order valence-electron chi connectivity index (χ2n) is 11.0. The van der Waals surface area contributed by atoms with E-state index in [1.165, 1.54) is 0 Å². The fourth-order valence-corrected chi connectivity index (χ4v) is 5.59. The first-order valence-corrected chi connectivity index (χ1v) is 14.6. The Bertz CT molecular complexity index is 1720. The summed E-state index contributed by atoms with van der Waals surface area (Å²) in [6, 6.07) is 18.3. The molecule has 43 heavy (non-hydrogen) atoms. The van der Waals surface area contributed by atoms with Gasteiger partial charge in [0.2, 0.25) is 0 Å². The van der Waals surface area contributed by atoms with E-state index in [1.54, 1.807) is 12.1 Å². The molecule has 2 heterocycles. The summed E-state index contributed by atoms with van der Waals surface area (Å²) in [4.78, 5) is 5.00. The summed E-state index contributed by atoms with van der Waals surface area (Å²) in [6.07, 6.45) is 2.04. The molecule has 8 heteroatoms. The van der Waals surface area contributed by atoms with Crippen molar-refractivity contribution in [3.63, 3.8) is 0 Å². The van der Waals surface area contributed by atoms with Crippen LogP contribution in [0.2, 0.25) is 0 Å². The fourth-order valence-electron chi connectivity index (χ4n) is 5.47. The Morgan fingerprint density at radius 1 is 1.16 bits per heavy atom. The highest BCUT2D eigenvalue weighted by molar-refractivity contribution is 6.31. The molecule has 0 amide bonds. The van der Waals surface area contributed by atoms with Crippen LogP contribution in [0.4, 0.5) is 14.5 Å². The van der Waals surface area contributed by atoms with E-state index >= 15 is 4.39 Å². The number of nitrogens with one attached hydrogen (secondary N) is 1. The molecule has 0 aliphatic carbocycles. The lowest BCUT2D eigenvalue weighted by molar-refractivity contribution is 0.337. The minimum atomic E-state index is -0.673. The number of hydrogen-bond donors (Lipinski definition) is 3. The van der Waals surface area contributed by atoms with Crippen LogP contribution in [0.5, 0.6) is 5.75 Å². The average Bonchev–Trinajstić information content (AvgIpc) is 3.36. The van der Waals surface area contributed by atoms with Crippen molar-refractivity contribution in [3.05, 3.63) is 123 Å². The number of benzene rings is 3. The lowest BCUT2D eigenvalue weighted by Crippen LogP contribution is -2.22. The van der Waals surface area contributed by atoms with Crippen LogP contribution < -0.4 is 21.5 Å². The number of nitrogens with zero attached hydrogens (tertiary/aromatic N) is 1. The van der Waals surface area contributed by atoms with Crippen molar-refractivity contribution in [3.8, 4) is 17.0 Å². The summed E-state index contributed by atoms with van der Waals surface area (Å²) in [5.74, 6) is -0.835. The van der Waals surface area contributed by atoms with Gasteiger partial charge in [-0.25, -0.2) is 13.8 Å². The van der Waals surface area contributed by atoms with Crippen LogP contribution in [0.15, 0.2) is 72.4 Å². The first kappa shape index (κ1) is 30.1. The Hall–Kier alpha value is -4.36. The molecule has 5 N–H and O–H groups in total. The van der Waals surface area contributed by atoms with E-state index in [0.717, 1.165) is 34.0 Å². The molecule has 2 unspecified atom stereocenters. The molecular formula is C35H35ClF2N4O. The molecule has 0 saturated carbocycles. The topological polar surface area (TPSA) is 86.2 Å². The molecule has 222 valence electrons. The van der Waals surface area contributed by atoms with Gasteiger partial charge in [-0.2, -0.15) is 0 Å². The van der Waals surface area contributed by atoms with Gasteiger partial charge in [-0.1, -0.05) is 62.4 Å². The van der Waals surface area contributed by atoms with Crippen molar-refractivity contribution in [2.24, 2.45) is 5.73 Å². The molecule has 0 spiro atoms. The van der Waals surface area contributed by atoms with Crippen molar-refractivity contribution >= 4 is 29.1 Å². The summed E-state index contributed by atoms with van der Waals surface area (Å²) in [5, 5.41) is 3.61. The van der Waals surface area contributed by atoms with Gasteiger partial charge in [0, 0.05) is 52.5 Å². The maximum Gasteiger partial charge on any atom is 0.149 e. The number of halogens is 3. The summed E-state index contributed by atoms with van der Waals surface area (Å²) < 4.78 is 35.8. The van der Waals surface area contributed by atoms with E-state index in [-0.39, 0.29) is 22.6 Å². The molecule has 1 aliphatic heterocycles. The van der Waals surface area contributed by atoms with E-state index in [0.29, 0.717) is 53.5 Å². The van der Waals surface area contributed by atoms with E-state index < -0.39 is 11.6 Å². The zero-order valence-electron chi connectivity index (χ0n) is 24.5. The maximum absolute atomic E-state index is 15.3. The summed E-state index contributed by atoms with van der Waals surface area (Å²) in [7, 11) is 0. The number of anilines is 1. The highest BCUT2D eigenvalue weighted by Crippen LogP contribution is 2.43. The van der Waals surface area contributed by atoms with Crippen molar-refractivity contribution < 1.29 is 13.5 Å². The summed E-state index contributed by atoms with van der Waals surface area (Å²) in [6.45, 7) is 11.0. The Kier molecular flexibility index (Phi) is 8.74. The molecular weight excluding hydrogens is 566 g/mol. The predicted molar refractivity (Wildman–Crippen MR) is 172 cm³/mol. The number of aromatic nitrogens is 1. The number of fused-ring (bicyclic) bond motifs is 1. The Morgan fingerprint density at radius 2 is 1.91 bits per heavy atom. The van der Waals surface area contributed by atoms with Crippen molar-refractivity contribution in [1.82, 2.24) is 10.3 Å². The number of hydrogen-bond acceptors (Lipinski definition) is 5. The van der Waals surface area contributed by atoms with E-state index in [9.17, 15) is 4.39 Å². The van der Waals surface area contributed by atoms with Crippen LogP contribution >= 0.6 is 11.6 Å². The second kappa shape index (κ2) is 12.5. The van der Waals surface area contributed by atoms with Gasteiger partial charge in [-0.05, 0) is 65.9 Å². The van der Waals surface area contributed by atoms with Crippen molar-refractivity contribution in [1.29, 1.82) is 0 Å². The van der Waals surface area contributed by atoms with Gasteiger partial charge in [0.15, 0.2) is 0 Å². The number of nitrogen functional groups attached to an aromatic ring is 1. The van der Waals surface area contributed by atoms with Crippen LogP contribution in [-0.4, -0.2) is 18.1 Å². The van der Waals surface area contributed by atoms with Gasteiger partial charge in [-0.15, -0.1) is 0 Å². The zero-order valence-corrected chi connectivity index (χ0v) is 25.2. The molecule has 3 aromatic carbocycles. The molecule has 1 aromatic heterocycles. The van der Waals surface area contributed by atoms with Gasteiger partial charge in [0.25, 0.3) is 0 Å². The highest BCUT2D eigenvalue weighted by atomic mass is 35.5. The molecule has 0 saturated heterocycles. The minimum absolute atomic E-state index is 0.0857. The largest absolute Gasteiger partial charge is 0.490 e. The van der Waals surface area contributed by atoms with E-state index in [1.807, 2.05) is 62.4 Å². The predicted octanol–water partition coefficient (Wildman–Crippen LogP) is 7.86. The fraction of sp³-hybridized carbons (Fsp3) is 0.229. The Morgan fingerprint density at radius 3 is 2.60 bits per heavy atom. The zero-order chi connectivity index (χ0) is 30.8. The van der Waals surface area contributed by atoms with Gasteiger partial charge in [0.05, 0.1) is 17.5 Å². The van der Waals surface area contributed by atoms with Crippen molar-refractivity contribution in [2.45, 2.75) is 39.0 Å². The number of ether oxygens (including phenoxy) is 1. The summed E-state index contributed by atoms with van der Waals surface area (Å²) in [5.41, 5.74) is 19.4. The van der Waals surface area contributed by atoms with Gasteiger partial charge < -0.3 is 21.5 Å². The van der Waals surface area contributed by atoms with Gasteiger partial charge >= 0.3 is 0 Å². The van der Waals surface area contributed by atoms with Crippen LogP contribution in [-0.2, 0) is 6.42 Å². The second-order valence-corrected chi connectivity index (χ2v) is 11.4. The highest BCUT2D eigenvalue weighted by Gasteiger charge is 2.30. The van der Waals surface area contributed by atoms with E-state index in [2.05, 4.69) is 18.8 Å². The lowest BCUT2D eigenvalue weighted by atomic mass is 9.90. The van der Waals surface area contributed by atoms with Crippen LogP contribution in [0.25, 0.3) is 23.0 Å². The van der Waals surface area contributed by atoms with Crippen LogP contribution in [0, 0.1) is 18.6 Å². The monoisotopic (exact) mass is 600 g/mol. The SMILES string of the molecule is C=C(NCC(c1ccccc1)c1cc2c(c(-c3cc(CC)c(F)cc3F)n1)OCC2C)c1cc(C)c(N)c(/C=C(\N)Cl)c1. The molecule has 2 atom stereocenters. The maximum atomic E-state index is 15.3. The number of aryl methyl sites for hydroxylation is 2. The minimum Gasteiger partial charge on any atom is -0.490 e. The molecule has 1 aliphatic rings. The third-order valence-corrected chi connectivity index (χ3v) is 8.05. The number of pyridine rings is 1. The standard InChI is InChI=1S/C35H35ClF2N4O/c1-5-22-13-27(30(38)16-29(22)37)34-35-26(20(3)18-43-35)15-31(42-34)28(23-9-7-6-8-10-23)17-41-21(4)24-11-19(2)33(40)25(12-24)14-32(36)39/h6-16,20,28,41H,4-5,17-18,39-40H2,1-3H3/b32-14-. The molecule has 5 nitrogen and oxygen atoms in total. The normalized spacial score (nSPS) is 15.1. The first-order valence-electron chi connectivity index (χ1n) is 14.2. The van der Waals surface area contributed by atoms with Crippen LogP contribution in [0.3, 0.4) is 0 Å². The third-order valence-electron chi connectivity index (χ3n) is 7.94. The average molecular weight is 601 g/mol. The molecule has 0 radical (unpaired) electrons. The quantitative estimate of drug-likeness (QED) is 0.134. The number of nitrogens with two attached hydrogens (primary N) is 2. The van der Waals surface area contributed by atoms with Gasteiger partial charge in [-0.3, -0.25) is 0 Å². The number of rotatable bonds is 9.